The van der Waals surface area contributed by atoms with Gasteiger partial charge in [-0.1, -0.05) is 24.3 Å². The van der Waals surface area contributed by atoms with Crippen LogP contribution in [0.1, 0.15) is 15.9 Å². The summed E-state index contributed by atoms with van der Waals surface area (Å²) in [6.07, 6.45) is 1.62. The van der Waals surface area contributed by atoms with Crippen molar-refractivity contribution in [3.05, 3.63) is 67.7 Å². The Kier molecular flexibility index (Phi) is 5.09. The Morgan fingerprint density at radius 1 is 1.21 bits per heavy atom. The zero-order chi connectivity index (χ0) is 13.7. The number of rotatable bonds is 3. The van der Waals surface area contributed by atoms with Gasteiger partial charge in [-0.3, -0.25) is 4.79 Å². The molecule has 1 N–H and O–H groups in total. The summed E-state index contributed by atoms with van der Waals surface area (Å²) in [4.78, 5) is 11.9. The maximum Gasteiger partial charge on any atom is 0.272 e. The zero-order valence-corrected chi connectivity index (χ0v) is 13.6. The highest BCUT2D eigenvalue weighted by atomic mass is 127. The van der Waals surface area contributed by atoms with Crippen LogP contribution in [0.2, 0.25) is 0 Å². The SMILES string of the molecule is O=C(NN=Cc1cccc(I)c1)c1ccccc1Br. The van der Waals surface area contributed by atoms with Crippen LogP contribution in [0.25, 0.3) is 0 Å². The molecule has 0 aliphatic rings. The minimum Gasteiger partial charge on any atom is -0.267 e. The van der Waals surface area contributed by atoms with Crippen molar-refractivity contribution in [3.8, 4) is 0 Å². The average Bonchev–Trinajstić information content (AvgIpc) is 2.39. The van der Waals surface area contributed by atoms with Gasteiger partial charge >= 0.3 is 0 Å². The molecule has 0 atom stereocenters. The largest absolute Gasteiger partial charge is 0.272 e. The average molecular weight is 429 g/mol. The van der Waals surface area contributed by atoms with Crippen molar-refractivity contribution >= 4 is 50.6 Å². The summed E-state index contributed by atoms with van der Waals surface area (Å²) in [6.45, 7) is 0. The number of halogens is 2. The number of nitrogens with zero attached hydrogens (tertiary/aromatic N) is 1. The Morgan fingerprint density at radius 3 is 2.74 bits per heavy atom. The van der Waals surface area contributed by atoms with Crippen LogP contribution in [-0.2, 0) is 0 Å². The van der Waals surface area contributed by atoms with Crippen molar-refractivity contribution in [1.29, 1.82) is 0 Å². The van der Waals surface area contributed by atoms with Crippen molar-refractivity contribution in [3.63, 3.8) is 0 Å². The monoisotopic (exact) mass is 428 g/mol. The third-order valence-corrected chi connectivity index (χ3v) is 3.71. The molecular formula is C14H10BrIN2O. The van der Waals surface area contributed by atoms with E-state index in [1.54, 1.807) is 12.3 Å². The molecule has 2 aromatic carbocycles. The van der Waals surface area contributed by atoms with Gasteiger partial charge in [-0.2, -0.15) is 5.10 Å². The maximum absolute atomic E-state index is 11.9. The predicted octanol–water partition coefficient (Wildman–Crippen LogP) is 3.82. The van der Waals surface area contributed by atoms with Crippen molar-refractivity contribution < 1.29 is 4.79 Å². The van der Waals surface area contributed by atoms with Gasteiger partial charge in [0.1, 0.15) is 0 Å². The number of hydrogen-bond donors (Lipinski definition) is 1. The Balaban J connectivity index is 2.03. The Morgan fingerprint density at radius 2 is 2.00 bits per heavy atom. The molecule has 0 saturated carbocycles. The number of hydrogen-bond acceptors (Lipinski definition) is 2. The number of carbonyl (C=O) groups excluding carboxylic acids is 1. The van der Waals surface area contributed by atoms with Crippen molar-refractivity contribution in [2.45, 2.75) is 0 Å². The third kappa shape index (κ3) is 4.14. The zero-order valence-electron chi connectivity index (χ0n) is 9.81. The predicted molar refractivity (Wildman–Crippen MR) is 88.4 cm³/mol. The van der Waals surface area contributed by atoms with E-state index in [-0.39, 0.29) is 5.91 Å². The van der Waals surface area contributed by atoms with Crippen LogP contribution in [0.5, 0.6) is 0 Å². The van der Waals surface area contributed by atoms with Gasteiger partial charge in [0.25, 0.3) is 5.91 Å². The van der Waals surface area contributed by atoms with E-state index in [1.165, 1.54) is 0 Å². The minimum absolute atomic E-state index is 0.241. The highest BCUT2D eigenvalue weighted by molar-refractivity contribution is 14.1. The first-order chi connectivity index (χ1) is 9.16. The van der Waals surface area contributed by atoms with Crippen molar-refractivity contribution in [1.82, 2.24) is 5.43 Å². The minimum atomic E-state index is -0.241. The molecular weight excluding hydrogens is 419 g/mol. The molecule has 0 bridgehead atoms. The number of hydrazone groups is 1. The summed E-state index contributed by atoms with van der Waals surface area (Å²) in [7, 11) is 0. The lowest BCUT2D eigenvalue weighted by Gasteiger charge is -2.01. The molecule has 0 aromatic heterocycles. The Labute approximate surface area is 133 Å². The molecule has 0 aliphatic carbocycles. The molecule has 3 nitrogen and oxygen atoms in total. The molecule has 0 spiro atoms. The fourth-order valence-corrected chi connectivity index (χ4v) is 2.49. The van der Waals surface area contributed by atoms with E-state index in [2.05, 4.69) is 49.0 Å². The first kappa shape index (κ1) is 14.2. The van der Waals surface area contributed by atoms with Crippen LogP contribution in [0.15, 0.2) is 58.1 Å². The molecule has 0 heterocycles. The summed E-state index contributed by atoms with van der Waals surface area (Å²) < 4.78 is 1.87. The first-order valence-corrected chi connectivity index (χ1v) is 7.37. The van der Waals surface area contributed by atoms with E-state index in [9.17, 15) is 4.79 Å². The fraction of sp³-hybridized carbons (Fsp3) is 0. The second-order valence-corrected chi connectivity index (χ2v) is 5.83. The molecule has 2 rings (SSSR count). The van der Waals surface area contributed by atoms with Crippen LogP contribution >= 0.6 is 38.5 Å². The van der Waals surface area contributed by atoms with Gasteiger partial charge in [0.2, 0.25) is 0 Å². The molecule has 0 aliphatic heterocycles. The summed E-state index contributed by atoms with van der Waals surface area (Å²) in [5.41, 5.74) is 4.01. The number of amides is 1. The standard InChI is InChI=1S/C14H10BrIN2O/c15-13-7-2-1-6-12(13)14(19)18-17-9-10-4-3-5-11(16)8-10/h1-9H,(H,18,19). The summed E-state index contributed by atoms with van der Waals surface area (Å²) in [5, 5.41) is 3.95. The lowest BCUT2D eigenvalue weighted by Crippen LogP contribution is -2.18. The number of benzene rings is 2. The summed E-state index contributed by atoms with van der Waals surface area (Å²) in [5.74, 6) is -0.241. The van der Waals surface area contributed by atoms with E-state index in [4.69, 9.17) is 0 Å². The van der Waals surface area contributed by atoms with E-state index in [0.29, 0.717) is 5.56 Å². The summed E-state index contributed by atoms with van der Waals surface area (Å²) >= 11 is 5.56. The molecule has 1 amide bonds. The molecule has 19 heavy (non-hydrogen) atoms. The first-order valence-electron chi connectivity index (χ1n) is 5.50. The second kappa shape index (κ2) is 6.81. The van der Waals surface area contributed by atoms with Crippen molar-refractivity contribution in [2.75, 3.05) is 0 Å². The molecule has 2 aromatic rings. The van der Waals surface area contributed by atoms with E-state index < -0.39 is 0 Å². The molecule has 0 radical (unpaired) electrons. The highest BCUT2D eigenvalue weighted by Gasteiger charge is 2.07. The topological polar surface area (TPSA) is 41.5 Å². The lowest BCUT2D eigenvalue weighted by atomic mass is 10.2. The van der Waals surface area contributed by atoms with E-state index >= 15 is 0 Å². The lowest BCUT2D eigenvalue weighted by molar-refractivity contribution is 0.0954. The number of carbonyl (C=O) groups is 1. The maximum atomic E-state index is 11.9. The van der Waals surface area contributed by atoms with E-state index in [0.717, 1.165) is 13.6 Å². The van der Waals surface area contributed by atoms with Gasteiger partial charge in [-0.15, -0.1) is 0 Å². The molecule has 5 heteroatoms. The van der Waals surface area contributed by atoms with Crippen LogP contribution in [0.3, 0.4) is 0 Å². The van der Waals surface area contributed by atoms with Gasteiger partial charge in [0, 0.05) is 8.04 Å². The second-order valence-electron chi connectivity index (χ2n) is 3.73. The molecule has 0 unspecified atom stereocenters. The van der Waals surface area contributed by atoms with Crippen LogP contribution in [0.4, 0.5) is 0 Å². The Bertz CT molecular complexity index is 628. The van der Waals surface area contributed by atoms with Gasteiger partial charge in [-0.25, -0.2) is 5.43 Å². The molecule has 0 fully saturated rings. The Hall–Kier alpha value is -1.21. The van der Waals surface area contributed by atoms with Crippen LogP contribution < -0.4 is 5.43 Å². The van der Waals surface area contributed by atoms with Gasteiger partial charge in [0.15, 0.2) is 0 Å². The molecule has 96 valence electrons. The van der Waals surface area contributed by atoms with Gasteiger partial charge < -0.3 is 0 Å². The van der Waals surface area contributed by atoms with E-state index in [1.807, 2.05) is 42.5 Å². The smallest absolute Gasteiger partial charge is 0.267 e. The quantitative estimate of drug-likeness (QED) is 0.450. The molecule has 0 saturated heterocycles. The van der Waals surface area contributed by atoms with Crippen LogP contribution in [0, 0.1) is 3.57 Å². The third-order valence-electron chi connectivity index (χ3n) is 2.35. The van der Waals surface area contributed by atoms with Gasteiger partial charge in [-0.05, 0) is 68.3 Å². The van der Waals surface area contributed by atoms with Crippen LogP contribution in [-0.4, -0.2) is 12.1 Å². The summed E-state index contributed by atoms with van der Waals surface area (Å²) in [6, 6.07) is 15.1. The number of nitrogens with one attached hydrogen (secondary N) is 1. The normalized spacial score (nSPS) is 10.6. The van der Waals surface area contributed by atoms with Gasteiger partial charge in [0.05, 0.1) is 11.8 Å². The van der Waals surface area contributed by atoms with Crippen molar-refractivity contribution in [2.24, 2.45) is 5.10 Å². The fourth-order valence-electron chi connectivity index (χ4n) is 1.46. The highest BCUT2D eigenvalue weighted by Crippen LogP contribution is 2.15.